The van der Waals surface area contributed by atoms with Crippen LogP contribution in [0.25, 0.3) is 10.9 Å². The third-order valence-electron chi connectivity index (χ3n) is 3.28. The average Bonchev–Trinajstić information content (AvgIpc) is 2.51. The summed E-state index contributed by atoms with van der Waals surface area (Å²) in [5.74, 6) is -2.74. The standard InChI is InChI=1S/C16H15NO6/c1-3-7-17-11-6-5-9(15(20)21)8-10(11)13(18)12(14(17)19)16(22)23-4-2/h3,5-6,8,18H,1,4,7H2,2H3,(H,20,21). The summed E-state index contributed by atoms with van der Waals surface area (Å²) in [5, 5.41) is 19.4. The zero-order valence-electron chi connectivity index (χ0n) is 12.4. The van der Waals surface area contributed by atoms with Crippen LogP contribution in [0.2, 0.25) is 0 Å². The molecule has 0 aliphatic carbocycles. The number of aromatic nitrogens is 1. The molecule has 0 unspecified atom stereocenters. The Kier molecular flexibility index (Phi) is 4.49. The van der Waals surface area contributed by atoms with Crippen LogP contribution in [0.3, 0.4) is 0 Å². The maximum absolute atomic E-state index is 12.5. The van der Waals surface area contributed by atoms with Gasteiger partial charge in [0.2, 0.25) is 0 Å². The van der Waals surface area contributed by atoms with E-state index in [0.717, 1.165) is 0 Å². The molecule has 2 N–H and O–H groups in total. The maximum Gasteiger partial charge on any atom is 0.347 e. The number of rotatable bonds is 5. The lowest BCUT2D eigenvalue weighted by atomic mass is 10.1. The van der Waals surface area contributed by atoms with Crippen LogP contribution in [0, 0.1) is 0 Å². The number of allylic oxidation sites excluding steroid dienone is 1. The molecule has 0 bridgehead atoms. The van der Waals surface area contributed by atoms with Gasteiger partial charge in [-0.1, -0.05) is 6.08 Å². The fourth-order valence-electron chi connectivity index (χ4n) is 2.27. The fourth-order valence-corrected chi connectivity index (χ4v) is 2.27. The van der Waals surface area contributed by atoms with Crippen molar-refractivity contribution in [2.45, 2.75) is 13.5 Å². The van der Waals surface area contributed by atoms with E-state index < -0.39 is 28.8 Å². The van der Waals surface area contributed by atoms with E-state index in [1.807, 2.05) is 0 Å². The number of ether oxygens (including phenoxy) is 1. The number of aromatic hydroxyl groups is 1. The Hall–Kier alpha value is -3.09. The SMILES string of the molecule is C=CCn1c(=O)c(C(=O)OCC)c(O)c2cc(C(=O)O)ccc21. The smallest absolute Gasteiger partial charge is 0.347 e. The molecule has 0 saturated heterocycles. The first kappa shape index (κ1) is 16.3. The number of hydrogen-bond acceptors (Lipinski definition) is 5. The summed E-state index contributed by atoms with van der Waals surface area (Å²) in [7, 11) is 0. The summed E-state index contributed by atoms with van der Waals surface area (Å²) >= 11 is 0. The van der Waals surface area contributed by atoms with Gasteiger partial charge in [-0.25, -0.2) is 9.59 Å². The summed E-state index contributed by atoms with van der Waals surface area (Å²) in [4.78, 5) is 35.5. The number of carboxylic acid groups (broad SMARTS) is 1. The molecule has 2 rings (SSSR count). The predicted molar refractivity (Wildman–Crippen MR) is 83.0 cm³/mol. The number of carbonyl (C=O) groups excluding carboxylic acids is 1. The Morgan fingerprint density at radius 3 is 2.65 bits per heavy atom. The van der Waals surface area contributed by atoms with Crippen LogP contribution >= 0.6 is 0 Å². The van der Waals surface area contributed by atoms with Gasteiger partial charge in [-0.15, -0.1) is 6.58 Å². The third kappa shape index (κ3) is 2.80. The third-order valence-corrected chi connectivity index (χ3v) is 3.28. The number of pyridine rings is 1. The molecule has 0 amide bonds. The Morgan fingerprint density at radius 2 is 2.09 bits per heavy atom. The topological polar surface area (TPSA) is 106 Å². The first-order valence-corrected chi connectivity index (χ1v) is 6.83. The molecule has 0 aliphatic heterocycles. The number of aromatic carboxylic acids is 1. The summed E-state index contributed by atoms with van der Waals surface area (Å²) in [6.07, 6.45) is 1.46. The molecular formula is C16H15NO6. The van der Waals surface area contributed by atoms with Crippen molar-refractivity contribution in [1.82, 2.24) is 4.57 Å². The molecule has 0 aliphatic rings. The number of carboxylic acids is 1. The van der Waals surface area contributed by atoms with Crippen LogP contribution in [-0.4, -0.2) is 33.3 Å². The van der Waals surface area contributed by atoms with Crippen molar-refractivity contribution in [3.8, 4) is 5.75 Å². The molecular weight excluding hydrogens is 302 g/mol. The monoisotopic (exact) mass is 317 g/mol. The zero-order valence-corrected chi connectivity index (χ0v) is 12.4. The molecule has 0 saturated carbocycles. The fraction of sp³-hybridized carbons (Fsp3) is 0.188. The quantitative estimate of drug-likeness (QED) is 0.643. The van der Waals surface area contributed by atoms with Crippen LogP contribution in [-0.2, 0) is 11.3 Å². The van der Waals surface area contributed by atoms with Crippen molar-refractivity contribution in [3.63, 3.8) is 0 Å². The van der Waals surface area contributed by atoms with Gasteiger partial charge in [0.1, 0.15) is 5.75 Å². The molecule has 0 atom stereocenters. The van der Waals surface area contributed by atoms with Gasteiger partial charge >= 0.3 is 11.9 Å². The first-order valence-electron chi connectivity index (χ1n) is 6.83. The van der Waals surface area contributed by atoms with Crippen LogP contribution in [0.4, 0.5) is 0 Å². The van der Waals surface area contributed by atoms with Gasteiger partial charge in [0.15, 0.2) is 5.56 Å². The van der Waals surface area contributed by atoms with Crippen molar-refractivity contribution >= 4 is 22.8 Å². The molecule has 23 heavy (non-hydrogen) atoms. The normalized spacial score (nSPS) is 10.5. The Labute approximate surface area is 131 Å². The number of hydrogen-bond donors (Lipinski definition) is 2. The molecule has 7 nitrogen and oxygen atoms in total. The van der Waals surface area contributed by atoms with E-state index in [1.54, 1.807) is 6.92 Å². The lowest BCUT2D eigenvalue weighted by molar-refractivity contribution is 0.0520. The lowest BCUT2D eigenvalue weighted by Crippen LogP contribution is -2.27. The van der Waals surface area contributed by atoms with Gasteiger partial charge in [-0.05, 0) is 25.1 Å². The first-order chi connectivity index (χ1) is 10.9. The van der Waals surface area contributed by atoms with E-state index in [-0.39, 0.29) is 24.1 Å². The summed E-state index contributed by atoms with van der Waals surface area (Å²) in [6.45, 7) is 5.25. The zero-order chi connectivity index (χ0) is 17.1. The highest BCUT2D eigenvalue weighted by Crippen LogP contribution is 2.28. The number of fused-ring (bicyclic) bond motifs is 1. The van der Waals surface area contributed by atoms with E-state index in [2.05, 4.69) is 6.58 Å². The minimum atomic E-state index is -1.19. The molecule has 0 fully saturated rings. The largest absolute Gasteiger partial charge is 0.506 e. The highest BCUT2D eigenvalue weighted by molar-refractivity contribution is 6.02. The average molecular weight is 317 g/mol. The molecule has 0 spiro atoms. The summed E-state index contributed by atoms with van der Waals surface area (Å²) in [6, 6.07) is 3.92. The second kappa shape index (κ2) is 6.35. The Balaban J connectivity index is 2.90. The Morgan fingerprint density at radius 1 is 1.39 bits per heavy atom. The molecule has 1 heterocycles. The minimum Gasteiger partial charge on any atom is -0.506 e. The van der Waals surface area contributed by atoms with Gasteiger partial charge in [0.05, 0.1) is 17.7 Å². The Bertz CT molecular complexity index is 865. The molecule has 0 radical (unpaired) electrons. The van der Waals surface area contributed by atoms with Gasteiger partial charge in [-0.3, -0.25) is 4.79 Å². The van der Waals surface area contributed by atoms with Crippen LogP contribution < -0.4 is 5.56 Å². The van der Waals surface area contributed by atoms with Gasteiger partial charge in [0, 0.05) is 11.9 Å². The molecule has 120 valence electrons. The number of nitrogens with zero attached hydrogens (tertiary/aromatic N) is 1. The predicted octanol–water partition coefficient (Wildman–Crippen LogP) is 1.77. The van der Waals surface area contributed by atoms with E-state index >= 15 is 0 Å². The van der Waals surface area contributed by atoms with Crippen molar-refractivity contribution in [2.75, 3.05) is 6.61 Å². The van der Waals surface area contributed by atoms with Gasteiger partial charge in [-0.2, -0.15) is 0 Å². The maximum atomic E-state index is 12.5. The van der Waals surface area contributed by atoms with Crippen molar-refractivity contribution < 1.29 is 24.5 Å². The summed E-state index contributed by atoms with van der Waals surface area (Å²) in [5.41, 5.74) is -1.03. The summed E-state index contributed by atoms with van der Waals surface area (Å²) < 4.78 is 6.02. The second-order valence-corrected chi connectivity index (χ2v) is 4.69. The number of carbonyl (C=O) groups is 2. The van der Waals surface area contributed by atoms with E-state index in [1.165, 1.54) is 28.8 Å². The van der Waals surface area contributed by atoms with Gasteiger partial charge < -0.3 is 19.5 Å². The van der Waals surface area contributed by atoms with Crippen LogP contribution in [0.5, 0.6) is 5.75 Å². The van der Waals surface area contributed by atoms with Crippen molar-refractivity contribution in [1.29, 1.82) is 0 Å². The molecule has 7 heteroatoms. The second-order valence-electron chi connectivity index (χ2n) is 4.69. The van der Waals surface area contributed by atoms with E-state index in [4.69, 9.17) is 9.84 Å². The van der Waals surface area contributed by atoms with Gasteiger partial charge in [0.25, 0.3) is 5.56 Å². The van der Waals surface area contributed by atoms with Crippen LogP contribution in [0.15, 0.2) is 35.6 Å². The molecule has 2 aromatic rings. The number of benzene rings is 1. The highest BCUT2D eigenvalue weighted by atomic mass is 16.5. The van der Waals surface area contributed by atoms with E-state index in [9.17, 15) is 19.5 Å². The lowest BCUT2D eigenvalue weighted by Gasteiger charge is -2.13. The minimum absolute atomic E-state index is 0.0341. The number of esters is 1. The molecule has 1 aromatic heterocycles. The molecule has 1 aromatic carbocycles. The highest BCUT2D eigenvalue weighted by Gasteiger charge is 2.23. The van der Waals surface area contributed by atoms with Crippen molar-refractivity contribution in [3.05, 3.63) is 52.3 Å². The van der Waals surface area contributed by atoms with Crippen LogP contribution in [0.1, 0.15) is 27.6 Å². The van der Waals surface area contributed by atoms with Crippen molar-refractivity contribution in [2.24, 2.45) is 0 Å². The van der Waals surface area contributed by atoms with E-state index in [0.29, 0.717) is 5.52 Å².